The zero-order valence-corrected chi connectivity index (χ0v) is 9.92. The first kappa shape index (κ1) is 12.0. The van der Waals surface area contributed by atoms with E-state index >= 15 is 0 Å². The smallest absolute Gasteiger partial charge is 0.248 e. The van der Waals surface area contributed by atoms with E-state index in [2.05, 4.69) is 0 Å². The molecule has 0 saturated carbocycles. The number of primary amides is 1. The number of carbonyl (C=O) groups excluding carboxylic acids is 1. The van der Waals surface area contributed by atoms with Gasteiger partial charge in [-0.3, -0.25) is 4.79 Å². The summed E-state index contributed by atoms with van der Waals surface area (Å²) in [5, 5.41) is 0. The third-order valence-corrected chi connectivity index (χ3v) is 2.42. The number of hydrogen-bond acceptors (Lipinski definition) is 3. The first-order valence-corrected chi connectivity index (χ1v) is 5.41. The quantitative estimate of drug-likeness (QED) is 0.897. The van der Waals surface area contributed by atoms with Crippen LogP contribution in [-0.2, 0) is 0 Å². The summed E-state index contributed by atoms with van der Waals surface area (Å²) in [6.07, 6.45) is 0. The Morgan fingerprint density at radius 2 is 1.78 bits per heavy atom. The normalized spacial score (nSPS) is 9.83. The highest BCUT2D eigenvalue weighted by Gasteiger charge is 2.06. The van der Waals surface area contributed by atoms with E-state index in [1.807, 2.05) is 12.1 Å². The van der Waals surface area contributed by atoms with Crippen molar-refractivity contribution in [2.75, 3.05) is 7.11 Å². The Kier molecular flexibility index (Phi) is 3.48. The maximum absolute atomic E-state index is 11.1. The Morgan fingerprint density at radius 1 is 1.06 bits per heavy atom. The monoisotopic (exact) mass is 243 g/mol. The van der Waals surface area contributed by atoms with Crippen LogP contribution in [0.25, 0.3) is 0 Å². The van der Waals surface area contributed by atoms with E-state index < -0.39 is 5.91 Å². The Morgan fingerprint density at radius 3 is 2.44 bits per heavy atom. The number of rotatable bonds is 4. The molecule has 1 amide bonds. The summed E-state index contributed by atoms with van der Waals surface area (Å²) < 4.78 is 10.8. The van der Waals surface area contributed by atoms with Crippen LogP contribution in [0, 0.1) is 0 Å². The second-order valence-electron chi connectivity index (χ2n) is 3.65. The molecule has 0 unspecified atom stereocenters. The molecule has 2 N–H and O–H groups in total. The van der Waals surface area contributed by atoms with Gasteiger partial charge in [0.2, 0.25) is 5.91 Å². The van der Waals surface area contributed by atoms with Crippen LogP contribution in [0.5, 0.6) is 17.2 Å². The van der Waals surface area contributed by atoms with E-state index in [9.17, 15) is 4.79 Å². The molecular weight excluding hydrogens is 230 g/mol. The highest BCUT2D eigenvalue weighted by atomic mass is 16.5. The molecule has 18 heavy (non-hydrogen) atoms. The highest BCUT2D eigenvalue weighted by Crippen LogP contribution is 2.30. The SMILES string of the molecule is COc1ccccc1Oc1cccc(C(N)=O)c1. The van der Waals surface area contributed by atoms with Gasteiger partial charge in [-0.25, -0.2) is 0 Å². The van der Waals surface area contributed by atoms with Crippen LogP contribution in [0.4, 0.5) is 0 Å². The van der Waals surface area contributed by atoms with Crippen molar-refractivity contribution >= 4 is 5.91 Å². The lowest BCUT2D eigenvalue weighted by molar-refractivity contribution is 0.1000. The molecule has 0 aliphatic carbocycles. The zero-order valence-electron chi connectivity index (χ0n) is 9.92. The topological polar surface area (TPSA) is 61.6 Å². The van der Waals surface area contributed by atoms with Crippen LogP contribution in [0.1, 0.15) is 10.4 Å². The van der Waals surface area contributed by atoms with Crippen molar-refractivity contribution in [3.8, 4) is 17.2 Å². The summed E-state index contributed by atoms with van der Waals surface area (Å²) in [4.78, 5) is 11.1. The van der Waals surface area contributed by atoms with E-state index in [-0.39, 0.29) is 0 Å². The summed E-state index contributed by atoms with van der Waals surface area (Å²) in [7, 11) is 1.57. The Hall–Kier alpha value is -2.49. The number of para-hydroxylation sites is 2. The van der Waals surface area contributed by atoms with Crippen molar-refractivity contribution in [1.29, 1.82) is 0 Å². The summed E-state index contributed by atoms with van der Waals surface area (Å²) in [5.74, 6) is 1.26. The van der Waals surface area contributed by atoms with Crippen LogP contribution >= 0.6 is 0 Å². The van der Waals surface area contributed by atoms with E-state index in [0.29, 0.717) is 22.8 Å². The lowest BCUT2D eigenvalue weighted by Gasteiger charge is -2.10. The molecule has 92 valence electrons. The average molecular weight is 243 g/mol. The minimum Gasteiger partial charge on any atom is -0.493 e. The van der Waals surface area contributed by atoms with E-state index in [4.69, 9.17) is 15.2 Å². The molecule has 4 nitrogen and oxygen atoms in total. The van der Waals surface area contributed by atoms with Crippen molar-refractivity contribution < 1.29 is 14.3 Å². The van der Waals surface area contributed by atoms with Crippen LogP contribution in [0.3, 0.4) is 0 Å². The average Bonchev–Trinajstić information content (AvgIpc) is 2.39. The molecule has 4 heteroatoms. The molecule has 0 aliphatic rings. The fourth-order valence-corrected chi connectivity index (χ4v) is 1.54. The number of nitrogens with two attached hydrogens (primary N) is 1. The van der Waals surface area contributed by atoms with E-state index in [0.717, 1.165) is 0 Å². The van der Waals surface area contributed by atoms with Gasteiger partial charge in [-0.2, -0.15) is 0 Å². The number of methoxy groups -OCH3 is 1. The van der Waals surface area contributed by atoms with Gasteiger partial charge in [-0.05, 0) is 30.3 Å². The van der Waals surface area contributed by atoms with Gasteiger partial charge in [-0.1, -0.05) is 18.2 Å². The molecule has 0 aromatic heterocycles. The summed E-state index contributed by atoms with van der Waals surface area (Å²) in [5.41, 5.74) is 5.62. The first-order chi connectivity index (χ1) is 8.70. The Balaban J connectivity index is 2.28. The third kappa shape index (κ3) is 2.60. The van der Waals surface area contributed by atoms with Crippen molar-refractivity contribution in [3.63, 3.8) is 0 Å². The predicted octanol–water partition coefficient (Wildman–Crippen LogP) is 2.59. The molecule has 0 radical (unpaired) electrons. The van der Waals surface area contributed by atoms with Gasteiger partial charge in [-0.15, -0.1) is 0 Å². The third-order valence-electron chi connectivity index (χ3n) is 2.42. The highest BCUT2D eigenvalue weighted by molar-refractivity contribution is 5.93. The van der Waals surface area contributed by atoms with E-state index in [1.165, 1.54) is 0 Å². The van der Waals surface area contributed by atoms with Gasteiger partial charge in [0.15, 0.2) is 11.5 Å². The molecular formula is C14H13NO3. The zero-order chi connectivity index (χ0) is 13.0. The van der Waals surface area contributed by atoms with Crippen LogP contribution in [0.15, 0.2) is 48.5 Å². The second-order valence-corrected chi connectivity index (χ2v) is 3.65. The van der Waals surface area contributed by atoms with Gasteiger partial charge in [0.25, 0.3) is 0 Å². The van der Waals surface area contributed by atoms with Crippen molar-refractivity contribution in [3.05, 3.63) is 54.1 Å². The molecule has 0 saturated heterocycles. The Labute approximate surface area is 105 Å². The number of benzene rings is 2. The molecule has 2 rings (SSSR count). The lowest BCUT2D eigenvalue weighted by Crippen LogP contribution is -2.10. The van der Waals surface area contributed by atoms with Gasteiger partial charge < -0.3 is 15.2 Å². The molecule has 0 bridgehead atoms. The standard InChI is InChI=1S/C14H13NO3/c1-17-12-7-2-3-8-13(12)18-11-6-4-5-10(9-11)14(15)16/h2-9H,1H3,(H2,15,16). The number of hydrogen-bond donors (Lipinski definition) is 1. The van der Waals surface area contributed by atoms with Gasteiger partial charge in [0.05, 0.1) is 7.11 Å². The molecule has 2 aromatic carbocycles. The molecule has 2 aromatic rings. The van der Waals surface area contributed by atoms with E-state index in [1.54, 1.807) is 43.5 Å². The van der Waals surface area contributed by atoms with Gasteiger partial charge in [0, 0.05) is 5.56 Å². The number of amides is 1. The molecule has 0 heterocycles. The summed E-state index contributed by atoms with van der Waals surface area (Å²) >= 11 is 0. The van der Waals surface area contributed by atoms with Gasteiger partial charge in [0.1, 0.15) is 5.75 Å². The second kappa shape index (κ2) is 5.23. The lowest BCUT2D eigenvalue weighted by atomic mass is 10.2. The summed E-state index contributed by atoms with van der Waals surface area (Å²) in [6, 6.07) is 14.0. The van der Waals surface area contributed by atoms with Gasteiger partial charge >= 0.3 is 0 Å². The van der Waals surface area contributed by atoms with Crippen LogP contribution < -0.4 is 15.2 Å². The molecule has 0 aliphatic heterocycles. The fourth-order valence-electron chi connectivity index (χ4n) is 1.54. The number of ether oxygens (including phenoxy) is 2. The molecule has 0 spiro atoms. The minimum absolute atomic E-state index is 0.405. The Bertz CT molecular complexity index is 566. The largest absolute Gasteiger partial charge is 0.493 e. The maximum Gasteiger partial charge on any atom is 0.248 e. The van der Waals surface area contributed by atoms with Crippen molar-refractivity contribution in [2.45, 2.75) is 0 Å². The molecule has 0 fully saturated rings. The number of carbonyl (C=O) groups is 1. The summed E-state index contributed by atoms with van der Waals surface area (Å²) in [6.45, 7) is 0. The maximum atomic E-state index is 11.1. The molecule has 0 atom stereocenters. The first-order valence-electron chi connectivity index (χ1n) is 5.41. The minimum atomic E-state index is -0.486. The van der Waals surface area contributed by atoms with Crippen molar-refractivity contribution in [2.24, 2.45) is 5.73 Å². The predicted molar refractivity (Wildman–Crippen MR) is 68.0 cm³/mol. The van der Waals surface area contributed by atoms with Crippen LogP contribution in [0.2, 0.25) is 0 Å². The van der Waals surface area contributed by atoms with Crippen LogP contribution in [-0.4, -0.2) is 13.0 Å². The van der Waals surface area contributed by atoms with Crippen molar-refractivity contribution in [1.82, 2.24) is 0 Å². The fraction of sp³-hybridized carbons (Fsp3) is 0.0714.